The van der Waals surface area contributed by atoms with Crippen LogP contribution in [0.2, 0.25) is 28.2 Å². The molecule has 33 heavy (non-hydrogen) atoms. The third kappa shape index (κ3) is 7.79. The molecule has 1 aliphatic heterocycles. The molecule has 0 spiro atoms. The zero-order chi connectivity index (χ0) is 24.0. The number of ether oxygens (including phenoxy) is 2. The summed E-state index contributed by atoms with van der Waals surface area (Å²) in [6.45, 7) is 14.3. The van der Waals surface area contributed by atoms with Crippen LogP contribution >= 0.6 is 23.2 Å². The third-order valence-corrected chi connectivity index (χ3v) is 10.6. The molecule has 1 unspecified atom stereocenters. The molecular weight excluding hydrogens is 475 g/mol. The maximum absolute atomic E-state index is 10.5. The monoisotopic (exact) mass is 510 g/mol. The van der Waals surface area contributed by atoms with Crippen molar-refractivity contribution in [3.63, 3.8) is 0 Å². The number of β-amino-alcohol motifs (C(OH)–C–C–N with tert-alkyl or cyclic N) is 1. The summed E-state index contributed by atoms with van der Waals surface area (Å²) in [7, 11) is -0.788. The lowest BCUT2D eigenvalue weighted by molar-refractivity contribution is 0.0663. The van der Waals surface area contributed by atoms with E-state index in [0.717, 1.165) is 50.0 Å². The van der Waals surface area contributed by atoms with Gasteiger partial charge in [0.05, 0.1) is 16.7 Å². The highest BCUT2D eigenvalue weighted by Crippen LogP contribution is 2.30. The molecule has 0 aromatic heterocycles. The van der Waals surface area contributed by atoms with Crippen molar-refractivity contribution in [3.8, 4) is 11.5 Å². The predicted octanol–water partition coefficient (Wildman–Crippen LogP) is 5.20. The summed E-state index contributed by atoms with van der Waals surface area (Å²) in [5.74, 6) is 1.59. The number of piperazine rings is 1. The molecule has 1 saturated heterocycles. The number of anilines is 1. The van der Waals surface area contributed by atoms with E-state index in [1.54, 1.807) is 0 Å². The van der Waals surface area contributed by atoms with Crippen molar-refractivity contribution < 1.29 is 14.6 Å². The first-order valence-corrected chi connectivity index (χ1v) is 15.2. The molecule has 2 aromatic carbocycles. The molecule has 1 N–H and O–H groups in total. The number of aliphatic hydroxyl groups excluding tert-OH is 1. The molecule has 5 nitrogen and oxygen atoms in total. The Bertz CT molecular complexity index is 888. The number of rotatable bonds is 10. The predicted molar refractivity (Wildman–Crippen MR) is 141 cm³/mol. The Labute approximate surface area is 209 Å². The van der Waals surface area contributed by atoms with Crippen LogP contribution in [0.3, 0.4) is 0 Å². The van der Waals surface area contributed by atoms with Crippen LogP contribution in [0.1, 0.15) is 13.8 Å². The van der Waals surface area contributed by atoms with Crippen molar-refractivity contribution in [1.82, 2.24) is 4.90 Å². The van der Waals surface area contributed by atoms with E-state index in [9.17, 15) is 5.11 Å². The summed E-state index contributed by atoms with van der Waals surface area (Å²) in [6.07, 6.45) is -0.547. The van der Waals surface area contributed by atoms with Crippen molar-refractivity contribution in [2.75, 3.05) is 50.8 Å². The van der Waals surface area contributed by atoms with Gasteiger partial charge >= 0.3 is 0 Å². The van der Waals surface area contributed by atoms with E-state index >= 15 is 0 Å². The molecule has 1 atom stereocenters. The van der Waals surface area contributed by atoms with Gasteiger partial charge in [-0.25, -0.2) is 0 Å². The summed E-state index contributed by atoms with van der Waals surface area (Å²) in [5, 5.41) is 11.9. The number of aliphatic hydroxyl groups is 1. The van der Waals surface area contributed by atoms with Crippen molar-refractivity contribution in [2.24, 2.45) is 0 Å². The average Bonchev–Trinajstić information content (AvgIpc) is 2.79. The fourth-order valence-corrected chi connectivity index (χ4v) is 4.19. The number of halogens is 2. The Morgan fingerprint density at radius 2 is 1.55 bits per heavy atom. The highest BCUT2D eigenvalue weighted by molar-refractivity contribution is 6.59. The molecule has 1 aliphatic rings. The van der Waals surface area contributed by atoms with Crippen molar-refractivity contribution in [3.05, 3.63) is 52.5 Å². The van der Waals surface area contributed by atoms with Crippen LogP contribution in [-0.2, 0) is 0 Å². The Hall–Kier alpha value is -1.44. The fraction of sp³-hybridized carbons (Fsp3) is 0.520. The fourth-order valence-electron chi connectivity index (χ4n) is 3.48. The molecule has 182 valence electrons. The largest absolute Gasteiger partial charge is 0.493 e. The zero-order valence-corrected chi connectivity index (χ0v) is 22.7. The molecule has 0 saturated carbocycles. The summed E-state index contributed by atoms with van der Waals surface area (Å²) in [6, 6.07) is 13.4. The van der Waals surface area contributed by atoms with Gasteiger partial charge in [0.15, 0.2) is 0 Å². The summed E-state index contributed by atoms with van der Waals surface area (Å²) < 4.78 is 11.8. The van der Waals surface area contributed by atoms with Crippen molar-refractivity contribution >= 4 is 37.7 Å². The van der Waals surface area contributed by atoms with Crippen LogP contribution in [0.5, 0.6) is 11.5 Å². The quantitative estimate of drug-likeness (QED) is 0.445. The Morgan fingerprint density at radius 1 is 0.939 bits per heavy atom. The Kier molecular flexibility index (Phi) is 9.36. The van der Waals surface area contributed by atoms with Gasteiger partial charge in [-0.15, -0.1) is 0 Å². The van der Waals surface area contributed by atoms with Gasteiger partial charge in [0.2, 0.25) is 0 Å². The number of nitrogens with zero attached hydrogens (tertiary/aromatic N) is 2. The second-order valence-electron chi connectivity index (χ2n) is 9.75. The van der Waals surface area contributed by atoms with E-state index in [4.69, 9.17) is 32.7 Å². The summed E-state index contributed by atoms with van der Waals surface area (Å²) in [4.78, 5) is 4.55. The number of hydrogen-bond acceptors (Lipinski definition) is 5. The lowest BCUT2D eigenvalue weighted by Gasteiger charge is -2.37. The maximum Gasteiger partial charge on any atom is 0.119 e. The second-order valence-corrected chi connectivity index (χ2v) is 14.4. The van der Waals surface area contributed by atoms with Gasteiger partial charge in [-0.1, -0.05) is 50.1 Å². The third-order valence-electron chi connectivity index (χ3n) is 6.55. The molecule has 3 rings (SSSR count). The first-order valence-electron chi connectivity index (χ1n) is 11.6. The molecule has 0 bridgehead atoms. The van der Waals surface area contributed by atoms with Crippen LogP contribution < -0.4 is 14.4 Å². The van der Waals surface area contributed by atoms with Gasteiger partial charge in [0.1, 0.15) is 24.2 Å². The van der Waals surface area contributed by atoms with Crippen molar-refractivity contribution in [1.29, 1.82) is 0 Å². The number of benzene rings is 2. The van der Waals surface area contributed by atoms with Gasteiger partial charge in [-0.3, -0.25) is 4.90 Å². The molecular formula is C25H36Cl2N2O3Si. The second kappa shape index (κ2) is 11.8. The summed E-state index contributed by atoms with van der Waals surface area (Å²) >= 11 is 12.2. The normalized spacial score (nSPS) is 16.2. The first kappa shape index (κ1) is 26.2. The van der Waals surface area contributed by atoms with Crippen molar-refractivity contribution in [2.45, 2.75) is 38.1 Å². The maximum atomic E-state index is 10.5. The number of hydrogen-bond donors (Lipinski definition) is 1. The van der Waals surface area contributed by atoms with E-state index in [-0.39, 0.29) is 11.6 Å². The average molecular weight is 512 g/mol. The topological polar surface area (TPSA) is 45.2 Å². The van der Waals surface area contributed by atoms with E-state index < -0.39 is 14.9 Å². The minimum atomic E-state index is -0.788. The zero-order valence-electron chi connectivity index (χ0n) is 20.1. The molecule has 8 heteroatoms. The molecule has 0 aliphatic carbocycles. The van der Waals surface area contributed by atoms with Gasteiger partial charge in [-0.2, -0.15) is 0 Å². The SMILES string of the molecule is C[SiH](C)C(C)(C)COc1ccc(OCC(O)CN2CCN(c3ccc(Cl)c(Cl)c3)CC2)cc1. The van der Waals surface area contributed by atoms with Crippen LogP contribution in [0.25, 0.3) is 0 Å². The minimum absolute atomic E-state index is 0.257. The molecule has 0 amide bonds. The lowest BCUT2D eigenvalue weighted by Crippen LogP contribution is -2.49. The smallest absolute Gasteiger partial charge is 0.119 e. The van der Waals surface area contributed by atoms with E-state index in [0.29, 0.717) is 16.6 Å². The van der Waals surface area contributed by atoms with E-state index in [1.165, 1.54) is 0 Å². The Morgan fingerprint density at radius 3 is 2.12 bits per heavy atom. The highest BCUT2D eigenvalue weighted by atomic mass is 35.5. The Balaban J connectivity index is 1.38. The van der Waals surface area contributed by atoms with Gasteiger partial charge in [0, 0.05) is 47.2 Å². The molecule has 1 fully saturated rings. The van der Waals surface area contributed by atoms with Gasteiger partial charge < -0.3 is 19.5 Å². The standard InChI is InChI=1S/C25H36Cl2N2O3Si/c1-25(2,33(3)4)18-32-22-8-6-21(7-9-22)31-17-20(30)16-28-11-13-29(14-12-28)19-5-10-23(26)24(27)15-19/h5-10,15,20,30,33H,11-14,16-18H2,1-4H3. The first-order chi connectivity index (χ1) is 15.6. The van der Waals surface area contributed by atoms with Crippen LogP contribution in [-0.4, -0.2) is 70.8 Å². The van der Waals surface area contributed by atoms with Crippen LogP contribution in [0.4, 0.5) is 5.69 Å². The van der Waals surface area contributed by atoms with Gasteiger partial charge in [-0.05, 0) is 47.5 Å². The van der Waals surface area contributed by atoms with Crippen LogP contribution in [0, 0.1) is 0 Å². The lowest BCUT2D eigenvalue weighted by atomic mass is 10.2. The van der Waals surface area contributed by atoms with E-state index in [1.807, 2.05) is 42.5 Å². The molecule has 1 heterocycles. The molecule has 2 aromatic rings. The highest BCUT2D eigenvalue weighted by Gasteiger charge is 2.24. The van der Waals surface area contributed by atoms with E-state index in [2.05, 4.69) is 36.7 Å². The molecule has 0 radical (unpaired) electrons. The minimum Gasteiger partial charge on any atom is -0.493 e. The van der Waals surface area contributed by atoms with Crippen LogP contribution in [0.15, 0.2) is 42.5 Å². The summed E-state index contributed by atoms with van der Waals surface area (Å²) in [5.41, 5.74) is 1.08. The van der Waals surface area contributed by atoms with Gasteiger partial charge in [0.25, 0.3) is 0 Å².